The first-order valence-corrected chi connectivity index (χ1v) is 6.01. The lowest BCUT2D eigenvalue weighted by molar-refractivity contribution is 0.0698. The van der Waals surface area contributed by atoms with Gasteiger partial charge in [0.2, 0.25) is 0 Å². The first-order valence-electron chi connectivity index (χ1n) is 6.01. The first kappa shape index (κ1) is 13.0. The van der Waals surface area contributed by atoms with Gasteiger partial charge in [0, 0.05) is 0 Å². The number of fused-ring (bicyclic) bond motifs is 1. The normalized spacial score (nSPS) is 13.5. The molecule has 1 aliphatic heterocycles. The number of rotatable bonds is 2. The number of carboxylic acids is 1. The molecule has 0 saturated carbocycles. The summed E-state index contributed by atoms with van der Waals surface area (Å²) < 4.78 is 13.4. The molecule has 5 nitrogen and oxygen atoms in total. The van der Waals surface area contributed by atoms with E-state index in [4.69, 9.17) is 5.11 Å². The van der Waals surface area contributed by atoms with Gasteiger partial charge in [0.25, 0.3) is 11.8 Å². The Morgan fingerprint density at radius 3 is 2.10 bits per heavy atom. The van der Waals surface area contributed by atoms with E-state index in [1.807, 2.05) is 0 Å². The standard InChI is InChI=1S/C15H8FNO4/c16-8-5-6-11(15(20)21)12(7-8)17-13(18)9-3-1-2-4-10(9)14(17)19/h1-7H,(H,20,21). The highest BCUT2D eigenvalue weighted by atomic mass is 19.1. The van der Waals surface area contributed by atoms with Gasteiger partial charge in [0.15, 0.2) is 0 Å². The van der Waals surface area contributed by atoms with Crippen LogP contribution in [0.3, 0.4) is 0 Å². The van der Waals surface area contributed by atoms with E-state index in [1.165, 1.54) is 12.1 Å². The van der Waals surface area contributed by atoms with Gasteiger partial charge in [-0.05, 0) is 30.3 Å². The van der Waals surface area contributed by atoms with Crippen LogP contribution in [-0.4, -0.2) is 22.9 Å². The number of nitrogens with zero attached hydrogens (tertiary/aromatic N) is 1. The summed E-state index contributed by atoms with van der Waals surface area (Å²) in [7, 11) is 0. The molecular weight excluding hydrogens is 277 g/mol. The number of aromatic carboxylic acids is 1. The monoisotopic (exact) mass is 285 g/mol. The second kappa shape index (κ2) is 4.52. The van der Waals surface area contributed by atoms with Gasteiger partial charge in [0.1, 0.15) is 5.82 Å². The number of hydrogen-bond acceptors (Lipinski definition) is 3. The van der Waals surface area contributed by atoms with Crippen molar-refractivity contribution in [3.63, 3.8) is 0 Å². The third kappa shape index (κ3) is 1.88. The zero-order valence-corrected chi connectivity index (χ0v) is 10.5. The minimum atomic E-state index is -1.35. The Morgan fingerprint density at radius 2 is 1.57 bits per heavy atom. The molecule has 0 aromatic heterocycles. The number of imide groups is 1. The Bertz CT molecular complexity index is 765. The summed E-state index contributed by atoms with van der Waals surface area (Å²) >= 11 is 0. The molecule has 0 atom stereocenters. The Kier molecular flexibility index (Phi) is 2.79. The van der Waals surface area contributed by atoms with Crippen molar-refractivity contribution in [2.45, 2.75) is 0 Å². The lowest BCUT2D eigenvalue weighted by Crippen LogP contribution is -2.31. The summed E-state index contributed by atoms with van der Waals surface area (Å²) in [5.41, 5.74) is -0.245. The smallest absolute Gasteiger partial charge is 0.337 e. The largest absolute Gasteiger partial charge is 0.478 e. The number of amides is 2. The molecule has 2 amide bonds. The summed E-state index contributed by atoms with van der Waals surface area (Å²) in [6.07, 6.45) is 0. The molecule has 0 aliphatic carbocycles. The van der Waals surface area contributed by atoms with Crippen LogP contribution in [0.2, 0.25) is 0 Å². The average molecular weight is 285 g/mol. The Balaban J connectivity index is 2.20. The molecule has 0 radical (unpaired) electrons. The van der Waals surface area contributed by atoms with Gasteiger partial charge in [-0.2, -0.15) is 0 Å². The molecule has 21 heavy (non-hydrogen) atoms. The highest BCUT2D eigenvalue weighted by Gasteiger charge is 2.38. The van der Waals surface area contributed by atoms with Crippen LogP contribution in [0.4, 0.5) is 10.1 Å². The maximum atomic E-state index is 13.4. The van der Waals surface area contributed by atoms with E-state index in [-0.39, 0.29) is 22.4 Å². The fourth-order valence-corrected chi connectivity index (χ4v) is 2.28. The average Bonchev–Trinajstić information content (AvgIpc) is 2.71. The van der Waals surface area contributed by atoms with Gasteiger partial charge in [-0.1, -0.05) is 12.1 Å². The van der Waals surface area contributed by atoms with Crippen LogP contribution in [0, 0.1) is 5.82 Å². The van der Waals surface area contributed by atoms with Gasteiger partial charge < -0.3 is 5.11 Å². The lowest BCUT2D eigenvalue weighted by Gasteiger charge is -2.16. The van der Waals surface area contributed by atoms with E-state index >= 15 is 0 Å². The fraction of sp³-hybridized carbons (Fsp3) is 0. The molecule has 6 heteroatoms. The number of carbonyl (C=O) groups excluding carboxylic acids is 2. The van der Waals surface area contributed by atoms with Crippen molar-refractivity contribution in [1.29, 1.82) is 0 Å². The molecule has 0 fully saturated rings. The molecule has 2 aromatic rings. The van der Waals surface area contributed by atoms with Gasteiger partial charge >= 0.3 is 5.97 Å². The fourth-order valence-electron chi connectivity index (χ4n) is 2.28. The quantitative estimate of drug-likeness (QED) is 0.859. The molecule has 1 aliphatic rings. The molecule has 0 saturated heterocycles. The number of benzene rings is 2. The number of carbonyl (C=O) groups is 3. The predicted octanol–water partition coefficient (Wildman–Crippen LogP) is 2.32. The highest BCUT2D eigenvalue weighted by molar-refractivity contribution is 6.35. The van der Waals surface area contributed by atoms with Crippen molar-refractivity contribution in [1.82, 2.24) is 0 Å². The lowest BCUT2D eigenvalue weighted by atomic mass is 10.1. The number of carboxylic acid groups (broad SMARTS) is 1. The maximum absolute atomic E-state index is 13.4. The van der Waals surface area contributed by atoms with E-state index in [2.05, 4.69) is 0 Å². The number of hydrogen-bond donors (Lipinski definition) is 1. The van der Waals surface area contributed by atoms with E-state index < -0.39 is 23.6 Å². The minimum absolute atomic E-state index is 0.170. The van der Waals surface area contributed by atoms with Crippen LogP contribution in [0.1, 0.15) is 31.1 Å². The van der Waals surface area contributed by atoms with Gasteiger partial charge in [0.05, 0.1) is 22.4 Å². The van der Waals surface area contributed by atoms with E-state index in [1.54, 1.807) is 12.1 Å². The molecule has 2 aromatic carbocycles. The Morgan fingerprint density at radius 1 is 1.00 bits per heavy atom. The zero-order chi connectivity index (χ0) is 15.1. The molecule has 0 bridgehead atoms. The molecule has 1 N–H and O–H groups in total. The second-order valence-corrected chi connectivity index (χ2v) is 4.46. The van der Waals surface area contributed by atoms with Gasteiger partial charge in [-0.15, -0.1) is 0 Å². The minimum Gasteiger partial charge on any atom is -0.478 e. The SMILES string of the molecule is O=C(O)c1ccc(F)cc1N1C(=O)c2ccccc2C1=O. The maximum Gasteiger partial charge on any atom is 0.337 e. The first-order chi connectivity index (χ1) is 10.0. The van der Waals surface area contributed by atoms with Crippen LogP contribution in [0.5, 0.6) is 0 Å². The van der Waals surface area contributed by atoms with Crippen molar-refractivity contribution in [2.24, 2.45) is 0 Å². The number of anilines is 1. The van der Waals surface area contributed by atoms with Crippen molar-refractivity contribution in [3.8, 4) is 0 Å². The van der Waals surface area contributed by atoms with Crippen molar-refractivity contribution in [2.75, 3.05) is 4.90 Å². The third-order valence-corrected chi connectivity index (χ3v) is 3.23. The summed E-state index contributed by atoms with van der Waals surface area (Å²) in [6, 6.07) is 8.98. The van der Waals surface area contributed by atoms with E-state index in [9.17, 15) is 18.8 Å². The van der Waals surface area contributed by atoms with Crippen LogP contribution in [0.25, 0.3) is 0 Å². The Labute approximate surface area is 118 Å². The van der Waals surface area contributed by atoms with Crippen molar-refractivity contribution < 1.29 is 23.9 Å². The molecule has 0 unspecified atom stereocenters. The summed E-state index contributed by atoms with van der Waals surface area (Å²) in [6.45, 7) is 0. The molecular formula is C15H8FNO4. The van der Waals surface area contributed by atoms with Crippen LogP contribution < -0.4 is 4.90 Å². The third-order valence-electron chi connectivity index (χ3n) is 3.23. The number of halogens is 1. The molecule has 1 heterocycles. The summed E-state index contributed by atoms with van der Waals surface area (Å²) in [4.78, 5) is 36.5. The zero-order valence-electron chi connectivity index (χ0n) is 10.5. The molecule has 0 spiro atoms. The van der Waals surface area contributed by atoms with Crippen molar-refractivity contribution in [3.05, 3.63) is 65.0 Å². The van der Waals surface area contributed by atoms with Gasteiger partial charge in [-0.3, -0.25) is 9.59 Å². The van der Waals surface area contributed by atoms with Crippen LogP contribution in [-0.2, 0) is 0 Å². The van der Waals surface area contributed by atoms with Gasteiger partial charge in [-0.25, -0.2) is 14.1 Å². The molecule has 104 valence electrons. The summed E-state index contributed by atoms with van der Waals surface area (Å²) in [5.74, 6) is -3.40. The Hall–Kier alpha value is -3.02. The van der Waals surface area contributed by atoms with Crippen LogP contribution in [0.15, 0.2) is 42.5 Å². The predicted molar refractivity (Wildman–Crippen MR) is 70.9 cm³/mol. The van der Waals surface area contributed by atoms with Crippen molar-refractivity contribution >= 4 is 23.5 Å². The van der Waals surface area contributed by atoms with E-state index in [0.29, 0.717) is 4.90 Å². The van der Waals surface area contributed by atoms with Crippen LogP contribution >= 0.6 is 0 Å². The van der Waals surface area contributed by atoms with E-state index in [0.717, 1.165) is 18.2 Å². The second-order valence-electron chi connectivity index (χ2n) is 4.46. The molecule has 3 rings (SSSR count). The topological polar surface area (TPSA) is 74.7 Å². The summed E-state index contributed by atoms with van der Waals surface area (Å²) in [5, 5.41) is 9.13. The highest BCUT2D eigenvalue weighted by Crippen LogP contribution is 2.31.